The fourth-order valence-corrected chi connectivity index (χ4v) is 2.17. The third-order valence-corrected chi connectivity index (χ3v) is 3.54. The lowest BCUT2D eigenvalue weighted by molar-refractivity contribution is -0.148. The third-order valence-electron chi connectivity index (χ3n) is 3.54. The normalized spacial score (nSPS) is 14.7. The van der Waals surface area contributed by atoms with Gasteiger partial charge in [0.25, 0.3) is 0 Å². The summed E-state index contributed by atoms with van der Waals surface area (Å²) in [5, 5.41) is 3.33. The van der Waals surface area contributed by atoms with Crippen LogP contribution in [0.25, 0.3) is 0 Å². The molecule has 4 heteroatoms. The predicted octanol–water partition coefficient (Wildman–Crippen LogP) is 2.43. The fraction of sp³-hybridized carbons (Fsp3) is 0.933. The molecule has 0 aromatic rings. The minimum atomic E-state index is -0.578. The summed E-state index contributed by atoms with van der Waals surface area (Å²) in [5.41, 5.74) is -0.578. The standard InChI is InChI=1S/C15H32N2O2/c1-7-10-16-15(5,14(18)19-6)9-12-17(11-8-2)13(3)4/h13,16H,7-12H2,1-6H3. The lowest BCUT2D eigenvalue weighted by Crippen LogP contribution is -2.52. The van der Waals surface area contributed by atoms with Crippen molar-refractivity contribution in [1.82, 2.24) is 10.2 Å². The molecule has 0 aromatic heterocycles. The molecular weight excluding hydrogens is 240 g/mol. The summed E-state index contributed by atoms with van der Waals surface area (Å²) < 4.78 is 4.95. The van der Waals surface area contributed by atoms with Gasteiger partial charge in [-0.05, 0) is 53.1 Å². The summed E-state index contributed by atoms with van der Waals surface area (Å²) in [6.07, 6.45) is 2.92. The third kappa shape index (κ3) is 6.39. The van der Waals surface area contributed by atoms with E-state index in [4.69, 9.17) is 4.74 Å². The van der Waals surface area contributed by atoms with Gasteiger partial charge in [0.1, 0.15) is 5.54 Å². The Kier molecular flexibility index (Phi) is 9.02. The molecule has 114 valence electrons. The molecule has 0 heterocycles. The molecule has 0 spiro atoms. The van der Waals surface area contributed by atoms with Gasteiger partial charge >= 0.3 is 5.97 Å². The number of carbonyl (C=O) groups is 1. The minimum Gasteiger partial charge on any atom is -0.468 e. The van der Waals surface area contributed by atoms with E-state index in [2.05, 4.69) is 37.9 Å². The van der Waals surface area contributed by atoms with E-state index in [0.717, 1.165) is 38.9 Å². The van der Waals surface area contributed by atoms with Crippen molar-refractivity contribution in [3.63, 3.8) is 0 Å². The molecule has 1 N–H and O–H groups in total. The maximum atomic E-state index is 12.0. The first-order valence-electron chi connectivity index (χ1n) is 7.48. The SMILES string of the molecule is CCCNC(C)(CCN(CCC)C(C)C)C(=O)OC. The van der Waals surface area contributed by atoms with Crippen LogP contribution in [0.2, 0.25) is 0 Å². The van der Waals surface area contributed by atoms with E-state index in [9.17, 15) is 4.79 Å². The lowest BCUT2D eigenvalue weighted by Gasteiger charge is -2.33. The molecule has 0 saturated heterocycles. The van der Waals surface area contributed by atoms with Crippen molar-refractivity contribution in [3.05, 3.63) is 0 Å². The topological polar surface area (TPSA) is 41.6 Å². The highest BCUT2D eigenvalue weighted by Gasteiger charge is 2.33. The van der Waals surface area contributed by atoms with Crippen LogP contribution in [-0.2, 0) is 9.53 Å². The summed E-state index contributed by atoms with van der Waals surface area (Å²) >= 11 is 0. The van der Waals surface area contributed by atoms with Crippen LogP contribution in [-0.4, -0.2) is 49.2 Å². The van der Waals surface area contributed by atoms with E-state index < -0.39 is 5.54 Å². The van der Waals surface area contributed by atoms with Crippen LogP contribution < -0.4 is 5.32 Å². The number of carbonyl (C=O) groups excluding carboxylic acids is 1. The Morgan fingerprint density at radius 3 is 2.32 bits per heavy atom. The van der Waals surface area contributed by atoms with Crippen molar-refractivity contribution in [2.75, 3.05) is 26.7 Å². The highest BCUT2D eigenvalue weighted by Crippen LogP contribution is 2.14. The molecule has 0 aromatic carbocycles. The Hall–Kier alpha value is -0.610. The molecule has 0 fully saturated rings. The van der Waals surface area contributed by atoms with Crippen LogP contribution in [0.15, 0.2) is 0 Å². The Balaban J connectivity index is 4.58. The number of hydrogen-bond donors (Lipinski definition) is 1. The van der Waals surface area contributed by atoms with Crippen LogP contribution in [0.1, 0.15) is 53.9 Å². The summed E-state index contributed by atoms with van der Waals surface area (Å²) in [6, 6.07) is 0.507. The first-order chi connectivity index (χ1) is 8.91. The monoisotopic (exact) mass is 272 g/mol. The zero-order chi connectivity index (χ0) is 14.9. The van der Waals surface area contributed by atoms with Crippen LogP contribution in [0.3, 0.4) is 0 Å². The van der Waals surface area contributed by atoms with Gasteiger partial charge < -0.3 is 15.0 Å². The first kappa shape index (κ1) is 18.4. The van der Waals surface area contributed by atoms with E-state index >= 15 is 0 Å². The molecule has 0 bridgehead atoms. The molecule has 0 aliphatic carbocycles. The van der Waals surface area contributed by atoms with Crippen molar-refractivity contribution in [3.8, 4) is 0 Å². The van der Waals surface area contributed by atoms with E-state index in [-0.39, 0.29) is 5.97 Å². The smallest absolute Gasteiger partial charge is 0.325 e. The molecule has 1 unspecified atom stereocenters. The molecule has 0 aliphatic rings. The molecule has 0 rings (SSSR count). The zero-order valence-corrected chi connectivity index (χ0v) is 13.6. The molecule has 0 saturated carbocycles. The average molecular weight is 272 g/mol. The van der Waals surface area contributed by atoms with Crippen molar-refractivity contribution >= 4 is 5.97 Å². The molecule has 0 amide bonds. The number of rotatable bonds is 10. The van der Waals surface area contributed by atoms with Gasteiger partial charge in [0.05, 0.1) is 7.11 Å². The Labute approximate surface area is 118 Å². The minimum absolute atomic E-state index is 0.166. The largest absolute Gasteiger partial charge is 0.468 e. The van der Waals surface area contributed by atoms with Gasteiger partial charge in [-0.1, -0.05) is 13.8 Å². The fourth-order valence-electron chi connectivity index (χ4n) is 2.17. The van der Waals surface area contributed by atoms with Crippen LogP contribution >= 0.6 is 0 Å². The quantitative estimate of drug-likeness (QED) is 0.620. The predicted molar refractivity (Wildman–Crippen MR) is 80.3 cm³/mol. The number of hydrogen-bond acceptors (Lipinski definition) is 4. The summed E-state index contributed by atoms with van der Waals surface area (Å²) in [5.74, 6) is -0.166. The molecule has 4 nitrogen and oxygen atoms in total. The second kappa shape index (κ2) is 9.32. The van der Waals surface area contributed by atoms with Gasteiger partial charge in [0.2, 0.25) is 0 Å². The molecule has 0 aliphatic heterocycles. The number of nitrogens with one attached hydrogen (secondary N) is 1. The maximum Gasteiger partial charge on any atom is 0.325 e. The molecule has 0 radical (unpaired) electrons. The van der Waals surface area contributed by atoms with Crippen molar-refractivity contribution in [1.29, 1.82) is 0 Å². The van der Waals surface area contributed by atoms with E-state index in [1.165, 1.54) is 7.11 Å². The first-order valence-corrected chi connectivity index (χ1v) is 7.48. The van der Waals surface area contributed by atoms with Gasteiger partial charge in [-0.15, -0.1) is 0 Å². The molecular formula is C15H32N2O2. The number of ether oxygens (including phenoxy) is 1. The summed E-state index contributed by atoms with van der Waals surface area (Å²) in [6.45, 7) is 13.4. The summed E-state index contributed by atoms with van der Waals surface area (Å²) in [7, 11) is 1.46. The lowest BCUT2D eigenvalue weighted by atomic mass is 9.97. The number of nitrogens with zero attached hydrogens (tertiary/aromatic N) is 1. The Bertz CT molecular complexity index is 257. The van der Waals surface area contributed by atoms with Crippen LogP contribution in [0, 0.1) is 0 Å². The van der Waals surface area contributed by atoms with Crippen molar-refractivity contribution < 1.29 is 9.53 Å². The Morgan fingerprint density at radius 2 is 1.89 bits per heavy atom. The zero-order valence-electron chi connectivity index (χ0n) is 13.6. The van der Waals surface area contributed by atoms with Gasteiger partial charge in [0, 0.05) is 12.6 Å². The number of methoxy groups -OCH3 is 1. The van der Waals surface area contributed by atoms with Crippen molar-refractivity contribution in [2.24, 2.45) is 0 Å². The van der Waals surface area contributed by atoms with Crippen molar-refractivity contribution in [2.45, 2.75) is 65.5 Å². The molecule has 19 heavy (non-hydrogen) atoms. The van der Waals surface area contributed by atoms with E-state index in [1.807, 2.05) is 6.92 Å². The number of esters is 1. The van der Waals surface area contributed by atoms with Gasteiger partial charge in [-0.25, -0.2) is 0 Å². The second-order valence-electron chi connectivity index (χ2n) is 5.63. The van der Waals surface area contributed by atoms with E-state index in [0.29, 0.717) is 6.04 Å². The molecule has 1 atom stereocenters. The van der Waals surface area contributed by atoms with E-state index in [1.54, 1.807) is 0 Å². The maximum absolute atomic E-state index is 12.0. The Morgan fingerprint density at radius 1 is 1.26 bits per heavy atom. The van der Waals surface area contributed by atoms with Crippen LogP contribution in [0.4, 0.5) is 0 Å². The average Bonchev–Trinajstić information content (AvgIpc) is 2.39. The summed E-state index contributed by atoms with van der Waals surface area (Å²) in [4.78, 5) is 14.4. The highest BCUT2D eigenvalue weighted by molar-refractivity contribution is 5.80. The van der Waals surface area contributed by atoms with Crippen LogP contribution in [0.5, 0.6) is 0 Å². The van der Waals surface area contributed by atoms with Gasteiger partial charge in [0.15, 0.2) is 0 Å². The van der Waals surface area contributed by atoms with Gasteiger partial charge in [-0.3, -0.25) is 4.79 Å². The van der Waals surface area contributed by atoms with Gasteiger partial charge in [-0.2, -0.15) is 0 Å². The second-order valence-corrected chi connectivity index (χ2v) is 5.63. The highest BCUT2D eigenvalue weighted by atomic mass is 16.5.